The zero-order valence-electron chi connectivity index (χ0n) is 16.6. The number of anilines is 3. The molecule has 0 amide bonds. The van der Waals surface area contributed by atoms with E-state index in [0.717, 1.165) is 61.4 Å². The Morgan fingerprint density at radius 1 is 0.857 bits per heavy atom. The van der Waals surface area contributed by atoms with Crippen LogP contribution < -0.4 is 9.80 Å². The summed E-state index contributed by atoms with van der Waals surface area (Å²) in [6.07, 6.45) is 0. The summed E-state index contributed by atoms with van der Waals surface area (Å²) >= 11 is 0. The Morgan fingerprint density at radius 3 is 2.14 bits per heavy atom. The van der Waals surface area contributed by atoms with Gasteiger partial charge in [-0.25, -0.2) is 9.97 Å². The summed E-state index contributed by atoms with van der Waals surface area (Å²) in [6.45, 7) is 7.47. The second-order valence-electron chi connectivity index (χ2n) is 7.09. The van der Waals surface area contributed by atoms with Gasteiger partial charge in [0.25, 0.3) is 0 Å². The summed E-state index contributed by atoms with van der Waals surface area (Å²) in [5, 5.41) is 0. The van der Waals surface area contributed by atoms with E-state index in [1.54, 1.807) is 0 Å². The molecule has 5 nitrogen and oxygen atoms in total. The van der Waals surface area contributed by atoms with E-state index in [1.807, 2.05) is 24.3 Å². The first-order chi connectivity index (χ1) is 13.7. The minimum absolute atomic E-state index is 0.772. The SMILES string of the molecule is CCN1CCN(c2cc(N(C)c3ccccc3)nc(-c3ccccc3)n2)CC1. The van der Waals surface area contributed by atoms with Gasteiger partial charge in [-0.05, 0) is 18.7 Å². The lowest BCUT2D eigenvalue weighted by molar-refractivity contribution is 0.270. The first kappa shape index (κ1) is 18.4. The van der Waals surface area contributed by atoms with E-state index in [1.165, 1.54) is 0 Å². The van der Waals surface area contributed by atoms with Crippen molar-refractivity contribution >= 4 is 17.3 Å². The number of para-hydroxylation sites is 1. The van der Waals surface area contributed by atoms with E-state index in [-0.39, 0.29) is 0 Å². The maximum absolute atomic E-state index is 4.92. The van der Waals surface area contributed by atoms with Gasteiger partial charge in [-0.2, -0.15) is 0 Å². The van der Waals surface area contributed by atoms with E-state index in [4.69, 9.17) is 9.97 Å². The van der Waals surface area contributed by atoms with Crippen LogP contribution in [0.5, 0.6) is 0 Å². The molecule has 3 aromatic rings. The van der Waals surface area contributed by atoms with Gasteiger partial charge < -0.3 is 14.7 Å². The second kappa shape index (κ2) is 8.40. The molecule has 0 radical (unpaired) electrons. The maximum Gasteiger partial charge on any atom is 0.163 e. The van der Waals surface area contributed by atoms with Crippen LogP contribution in [0.3, 0.4) is 0 Å². The van der Waals surface area contributed by atoms with Crippen LogP contribution in [-0.2, 0) is 0 Å². The predicted molar refractivity (Wildman–Crippen MR) is 116 cm³/mol. The minimum atomic E-state index is 0.772. The fourth-order valence-corrected chi connectivity index (χ4v) is 3.55. The van der Waals surface area contributed by atoms with Crippen molar-refractivity contribution in [2.24, 2.45) is 0 Å². The quantitative estimate of drug-likeness (QED) is 0.674. The molecule has 1 saturated heterocycles. The average molecular weight is 374 g/mol. The minimum Gasteiger partial charge on any atom is -0.354 e. The Hall–Kier alpha value is -2.92. The summed E-state index contributed by atoms with van der Waals surface area (Å²) in [6, 6.07) is 22.7. The van der Waals surface area contributed by atoms with Crippen molar-refractivity contribution in [3.8, 4) is 11.4 Å². The molecular formula is C23H27N5. The fraction of sp³-hybridized carbons (Fsp3) is 0.304. The normalized spacial score (nSPS) is 14.9. The first-order valence-corrected chi connectivity index (χ1v) is 9.95. The molecule has 1 aliphatic heterocycles. The van der Waals surface area contributed by atoms with E-state index in [0.29, 0.717) is 0 Å². The molecule has 0 unspecified atom stereocenters. The zero-order chi connectivity index (χ0) is 19.3. The molecule has 28 heavy (non-hydrogen) atoms. The molecule has 0 spiro atoms. The molecule has 1 fully saturated rings. The zero-order valence-corrected chi connectivity index (χ0v) is 16.6. The highest BCUT2D eigenvalue weighted by Crippen LogP contribution is 2.28. The van der Waals surface area contributed by atoms with Crippen LogP contribution in [0.15, 0.2) is 66.7 Å². The van der Waals surface area contributed by atoms with E-state index < -0.39 is 0 Å². The van der Waals surface area contributed by atoms with Gasteiger partial charge in [0.05, 0.1) is 0 Å². The largest absolute Gasteiger partial charge is 0.354 e. The number of hydrogen-bond acceptors (Lipinski definition) is 5. The topological polar surface area (TPSA) is 35.5 Å². The number of benzene rings is 2. The van der Waals surface area contributed by atoms with Gasteiger partial charge in [0.1, 0.15) is 11.6 Å². The number of aromatic nitrogens is 2. The molecule has 0 aliphatic carbocycles. The lowest BCUT2D eigenvalue weighted by Crippen LogP contribution is -2.46. The molecule has 144 valence electrons. The van der Waals surface area contributed by atoms with Crippen molar-refractivity contribution in [3.05, 3.63) is 66.7 Å². The molecular weight excluding hydrogens is 346 g/mol. The van der Waals surface area contributed by atoms with Crippen molar-refractivity contribution in [2.45, 2.75) is 6.92 Å². The van der Waals surface area contributed by atoms with Crippen molar-refractivity contribution < 1.29 is 0 Å². The van der Waals surface area contributed by atoms with Gasteiger partial charge in [0, 0.05) is 50.5 Å². The summed E-state index contributed by atoms with van der Waals surface area (Å²) in [5.41, 5.74) is 2.15. The highest BCUT2D eigenvalue weighted by molar-refractivity contribution is 5.67. The molecule has 0 N–H and O–H groups in total. The monoisotopic (exact) mass is 373 g/mol. The Balaban J connectivity index is 1.71. The van der Waals surface area contributed by atoms with Crippen LogP contribution in [0.25, 0.3) is 11.4 Å². The maximum atomic E-state index is 4.92. The Labute approximate surface area is 167 Å². The van der Waals surface area contributed by atoms with Crippen LogP contribution in [-0.4, -0.2) is 54.6 Å². The van der Waals surface area contributed by atoms with E-state index in [9.17, 15) is 0 Å². The summed E-state index contributed by atoms with van der Waals surface area (Å²) in [7, 11) is 2.06. The second-order valence-corrected chi connectivity index (χ2v) is 7.09. The average Bonchev–Trinajstić information content (AvgIpc) is 2.79. The Kier molecular flexibility index (Phi) is 5.53. The molecule has 0 atom stereocenters. The van der Waals surface area contributed by atoms with Gasteiger partial charge in [0.2, 0.25) is 0 Å². The van der Waals surface area contributed by atoms with Gasteiger partial charge >= 0.3 is 0 Å². The smallest absolute Gasteiger partial charge is 0.163 e. The van der Waals surface area contributed by atoms with E-state index in [2.05, 4.69) is 71.1 Å². The summed E-state index contributed by atoms with van der Waals surface area (Å²) in [4.78, 5) is 16.8. The predicted octanol–water partition coefficient (Wildman–Crippen LogP) is 4.05. The lowest BCUT2D eigenvalue weighted by Gasteiger charge is -2.35. The van der Waals surface area contributed by atoms with Crippen LogP contribution >= 0.6 is 0 Å². The third kappa shape index (κ3) is 3.99. The molecule has 5 heteroatoms. The molecule has 0 saturated carbocycles. The van der Waals surface area contributed by atoms with Crippen LogP contribution in [0.1, 0.15) is 6.92 Å². The summed E-state index contributed by atoms with van der Waals surface area (Å²) in [5.74, 6) is 2.68. The van der Waals surface area contributed by atoms with Gasteiger partial charge in [-0.3, -0.25) is 0 Å². The Bertz CT molecular complexity index is 889. The van der Waals surface area contributed by atoms with E-state index >= 15 is 0 Å². The fourth-order valence-electron chi connectivity index (χ4n) is 3.55. The number of rotatable bonds is 5. The molecule has 2 aromatic carbocycles. The number of likely N-dealkylation sites (N-methyl/N-ethyl adjacent to an activating group) is 1. The number of piperazine rings is 1. The summed E-state index contributed by atoms with van der Waals surface area (Å²) < 4.78 is 0. The third-order valence-corrected chi connectivity index (χ3v) is 5.36. The van der Waals surface area contributed by atoms with Gasteiger partial charge in [-0.1, -0.05) is 55.5 Å². The molecule has 4 rings (SSSR count). The van der Waals surface area contributed by atoms with Crippen LogP contribution in [0.2, 0.25) is 0 Å². The standard InChI is InChI=1S/C23H27N5/c1-3-27-14-16-28(17-15-27)22-18-21(26(2)20-12-8-5-9-13-20)24-23(25-22)19-10-6-4-7-11-19/h4-13,18H,3,14-17H2,1-2H3. The third-order valence-electron chi connectivity index (χ3n) is 5.36. The van der Waals surface area contributed by atoms with Crippen LogP contribution in [0.4, 0.5) is 17.3 Å². The number of hydrogen-bond donors (Lipinski definition) is 0. The van der Waals surface area contributed by atoms with Crippen molar-refractivity contribution in [1.82, 2.24) is 14.9 Å². The molecule has 0 bridgehead atoms. The van der Waals surface area contributed by atoms with Gasteiger partial charge in [0.15, 0.2) is 5.82 Å². The Morgan fingerprint density at radius 2 is 1.50 bits per heavy atom. The lowest BCUT2D eigenvalue weighted by atomic mass is 10.2. The highest BCUT2D eigenvalue weighted by atomic mass is 15.3. The highest BCUT2D eigenvalue weighted by Gasteiger charge is 2.20. The first-order valence-electron chi connectivity index (χ1n) is 9.95. The van der Waals surface area contributed by atoms with Crippen LogP contribution in [0, 0.1) is 0 Å². The number of nitrogens with zero attached hydrogens (tertiary/aromatic N) is 5. The van der Waals surface area contributed by atoms with Gasteiger partial charge in [-0.15, -0.1) is 0 Å². The molecule has 1 aliphatic rings. The van der Waals surface area contributed by atoms with Crippen molar-refractivity contribution in [2.75, 3.05) is 49.6 Å². The van der Waals surface area contributed by atoms with Crippen molar-refractivity contribution in [3.63, 3.8) is 0 Å². The molecule has 2 heterocycles. The molecule has 1 aromatic heterocycles. The van der Waals surface area contributed by atoms with Crippen molar-refractivity contribution in [1.29, 1.82) is 0 Å².